The van der Waals surface area contributed by atoms with E-state index in [1.165, 1.54) is 5.39 Å². The molecule has 0 N–H and O–H groups in total. The summed E-state index contributed by atoms with van der Waals surface area (Å²) < 4.78 is 15.4. The van der Waals surface area contributed by atoms with E-state index < -0.39 is 0 Å². The highest BCUT2D eigenvalue weighted by Crippen LogP contribution is 2.44. The molecule has 6 heteroatoms. The summed E-state index contributed by atoms with van der Waals surface area (Å²) in [5.74, 6) is 1.69. The quantitative estimate of drug-likeness (QED) is 0.176. The molecule has 8 aromatic carbocycles. The van der Waals surface area contributed by atoms with Crippen molar-refractivity contribution < 1.29 is 8.83 Å². The molecule has 6 nitrogen and oxygen atoms in total. The van der Waals surface area contributed by atoms with Crippen LogP contribution in [0, 0.1) is 0 Å². The van der Waals surface area contributed by atoms with Crippen molar-refractivity contribution in [3.63, 3.8) is 0 Å². The van der Waals surface area contributed by atoms with Gasteiger partial charge in [-0.2, -0.15) is 0 Å². The molecular formula is C51H30N4O2. The van der Waals surface area contributed by atoms with Gasteiger partial charge in [0.05, 0.1) is 16.4 Å². The molecule has 4 aromatic heterocycles. The van der Waals surface area contributed by atoms with E-state index in [-0.39, 0.29) is 0 Å². The van der Waals surface area contributed by atoms with E-state index in [4.69, 9.17) is 23.8 Å². The van der Waals surface area contributed by atoms with Crippen molar-refractivity contribution in [2.24, 2.45) is 0 Å². The van der Waals surface area contributed by atoms with Crippen molar-refractivity contribution in [2.75, 3.05) is 0 Å². The lowest BCUT2D eigenvalue weighted by Crippen LogP contribution is -2.01. The van der Waals surface area contributed by atoms with Crippen LogP contribution in [0.1, 0.15) is 0 Å². The Labute approximate surface area is 325 Å². The molecule has 0 saturated heterocycles. The fraction of sp³-hybridized carbons (Fsp3) is 0. The molecule has 4 heterocycles. The molecule has 0 spiro atoms. The van der Waals surface area contributed by atoms with Gasteiger partial charge in [-0.25, -0.2) is 15.0 Å². The molecule has 0 radical (unpaired) electrons. The molecule has 0 fully saturated rings. The monoisotopic (exact) mass is 730 g/mol. The number of hydrogen-bond acceptors (Lipinski definition) is 5. The van der Waals surface area contributed by atoms with Crippen molar-refractivity contribution in [1.82, 2.24) is 19.5 Å². The van der Waals surface area contributed by atoms with E-state index in [1.807, 2.05) is 48.5 Å². The van der Waals surface area contributed by atoms with E-state index in [1.54, 1.807) is 0 Å². The lowest BCUT2D eigenvalue weighted by atomic mass is 10.0. The third-order valence-electron chi connectivity index (χ3n) is 11.1. The summed E-state index contributed by atoms with van der Waals surface area (Å²) in [5, 5.41) is 6.26. The Morgan fingerprint density at radius 3 is 1.72 bits per heavy atom. The Morgan fingerprint density at radius 2 is 0.912 bits per heavy atom. The molecule has 57 heavy (non-hydrogen) atoms. The lowest BCUT2D eigenvalue weighted by Gasteiger charge is -2.11. The molecule has 266 valence electrons. The van der Waals surface area contributed by atoms with E-state index in [0.717, 1.165) is 93.8 Å². The summed E-state index contributed by atoms with van der Waals surface area (Å²) in [5.41, 5.74) is 11.3. The van der Waals surface area contributed by atoms with Crippen LogP contribution in [0.25, 0.3) is 117 Å². The van der Waals surface area contributed by atoms with Gasteiger partial charge in [-0.3, -0.25) is 0 Å². The maximum atomic E-state index is 6.70. The molecule has 0 aliphatic heterocycles. The topological polar surface area (TPSA) is 69.9 Å². The maximum Gasteiger partial charge on any atom is 0.164 e. The van der Waals surface area contributed by atoms with Crippen LogP contribution in [-0.2, 0) is 0 Å². The summed E-state index contributed by atoms with van der Waals surface area (Å²) in [4.78, 5) is 15.9. The molecule has 0 bridgehead atoms. The van der Waals surface area contributed by atoms with Gasteiger partial charge in [-0.15, -0.1) is 0 Å². The number of hydrogen-bond donors (Lipinski definition) is 0. The Bertz CT molecular complexity index is 3530. The fourth-order valence-corrected chi connectivity index (χ4v) is 8.57. The van der Waals surface area contributed by atoms with Crippen LogP contribution < -0.4 is 0 Å². The summed E-state index contributed by atoms with van der Waals surface area (Å²) in [6.45, 7) is 0. The Kier molecular flexibility index (Phi) is 6.83. The summed E-state index contributed by atoms with van der Waals surface area (Å²) in [6.07, 6.45) is 0. The Hall–Kier alpha value is -7.83. The van der Waals surface area contributed by atoms with E-state index in [2.05, 4.69) is 138 Å². The minimum atomic E-state index is 0.553. The van der Waals surface area contributed by atoms with Crippen molar-refractivity contribution in [1.29, 1.82) is 0 Å². The Morgan fingerprint density at radius 1 is 0.351 bits per heavy atom. The van der Waals surface area contributed by atoms with Crippen molar-refractivity contribution in [2.45, 2.75) is 0 Å². The first kappa shape index (κ1) is 31.5. The zero-order valence-corrected chi connectivity index (χ0v) is 30.4. The zero-order chi connectivity index (χ0) is 37.5. The zero-order valence-electron chi connectivity index (χ0n) is 30.4. The van der Waals surface area contributed by atoms with Gasteiger partial charge in [0.2, 0.25) is 0 Å². The predicted octanol–water partition coefficient (Wildman–Crippen LogP) is 13.4. The standard InChI is InChI=1S/C51H30N4O2/c1-3-14-31(15-4-1)32-16-11-17-33(30-32)49-52-50(38-22-12-26-42-45(38)37-21-8-10-25-41(37)56-42)54-51(53-49)39-23-13-27-43-46(39)47-44(57-43)29-28-36-35-20-7-9-24-40(35)55(48(36)47)34-18-5-2-6-19-34/h1-30H. The van der Waals surface area contributed by atoms with Gasteiger partial charge < -0.3 is 13.4 Å². The molecule has 12 rings (SSSR count). The van der Waals surface area contributed by atoms with Gasteiger partial charge in [-0.05, 0) is 65.7 Å². The van der Waals surface area contributed by atoms with Crippen LogP contribution >= 0.6 is 0 Å². The lowest BCUT2D eigenvalue weighted by molar-refractivity contribution is 0.668. The minimum absolute atomic E-state index is 0.553. The molecular weight excluding hydrogens is 701 g/mol. The number of rotatable bonds is 5. The van der Waals surface area contributed by atoms with Crippen LogP contribution in [0.5, 0.6) is 0 Å². The van der Waals surface area contributed by atoms with Crippen LogP contribution in [0.15, 0.2) is 191 Å². The predicted molar refractivity (Wildman–Crippen MR) is 230 cm³/mol. The first-order chi connectivity index (χ1) is 28.3. The number of fused-ring (bicyclic) bond motifs is 10. The average Bonchev–Trinajstić information content (AvgIpc) is 3.96. The maximum absolute atomic E-state index is 6.70. The molecule has 0 saturated carbocycles. The van der Waals surface area contributed by atoms with Gasteiger partial charge >= 0.3 is 0 Å². The van der Waals surface area contributed by atoms with Crippen LogP contribution in [0.4, 0.5) is 0 Å². The fourth-order valence-electron chi connectivity index (χ4n) is 8.57. The number of aromatic nitrogens is 4. The number of nitrogens with zero attached hydrogens (tertiary/aromatic N) is 4. The Balaban J connectivity index is 1.18. The van der Waals surface area contributed by atoms with Gasteiger partial charge in [-0.1, -0.05) is 127 Å². The molecule has 0 aliphatic carbocycles. The summed E-state index contributed by atoms with van der Waals surface area (Å²) in [6, 6.07) is 62.5. The van der Waals surface area contributed by atoms with Crippen LogP contribution in [0.2, 0.25) is 0 Å². The second-order valence-corrected chi connectivity index (χ2v) is 14.3. The summed E-state index contributed by atoms with van der Waals surface area (Å²) >= 11 is 0. The van der Waals surface area contributed by atoms with E-state index >= 15 is 0 Å². The smallest absolute Gasteiger partial charge is 0.164 e. The highest BCUT2D eigenvalue weighted by molar-refractivity contribution is 6.26. The molecule has 0 aliphatic rings. The SMILES string of the molecule is c1ccc(-c2cccc(-c3nc(-c4cccc5oc6ccccc6c45)nc(-c4cccc5oc6ccc7c8ccccc8n(-c8ccccc8)c7c6c45)n3)c2)cc1. The first-order valence-corrected chi connectivity index (χ1v) is 19.0. The molecule has 0 atom stereocenters. The highest BCUT2D eigenvalue weighted by atomic mass is 16.3. The van der Waals surface area contributed by atoms with Gasteiger partial charge in [0, 0.05) is 49.3 Å². The first-order valence-electron chi connectivity index (χ1n) is 19.0. The second kappa shape index (κ2) is 12.3. The van der Waals surface area contributed by atoms with Crippen molar-refractivity contribution in [3.05, 3.63) is 182 Å². The number of furan rings is 2. The van der Waals surface area contributed by atoms with Gasteiger partial charge in [0.1, 0.15) is 22.3 Å². The third kappa shape index (κ3) is 4.87. The largest absolute Gasteiger partial charge is 0.456 e. The average molecular weight is 731 g/mol. The van der Waals surface area contributed by atoms with E-state index in [0.29, 0.717) is 17.5 Å². The highest BCUT2D eigenvalue weighted by Gasteiger charge is 2.24. The summed E-state index contributed by atoms with van der Waals surface area (Å²) in [7, 11) is 0. The molecule has 12 aromatic rings. The van der Waals surface area contributed by atoms with Crippen LogP contribution in [-0.4, -0.2) is 19.5 Å². The number of benzene rings is 8. The van der Waals surface area contributed by atoms with Gasteiger partial charge in [0.25, 0.3) is 0 Å². The van der Waals surface area contributed by atoms with Crippen molar-refractivity contribution >= 4 is 65.7 Å². The minimum Gasteiger partial charge on any atom is -0.456 e. The molecule has 0 unspecified atom stereocenters. The molecule has 0 amide bonds. The van der Waals surface area contributed by atoms with E-state index in [9.17, 15) is 0 Å². The number of para-hydroxylation sites is 3. The second-order valence-electron chi connectivity index (χ2n) is 14.3. The normalized spacial score (nSPS) is 11.9. The third-order valence-corrected chi connectivity index (χ3v) is 11.1. The van der Waals surface area contributed by atoms with Gasteiger partial charge in [0.15, 0.2) is 17.5 Å². The van der Waals surface area contributed by atoms with Crippen molar-refractivity contribution in [3.8, 4) is 51.0 Å². The van der Waals surface area contributed by atoms with Crippen LogP contribution in [0.3, 0.4) is 0 Å².